The molecule has 290 valence electrons. The molecule has 1 N–H and O–H groups in total. The van der Waals surface area contributed by atoms with Crippen molar-refractivity contribution in [2.45, 2.75) is 115 Å². The van der Waals surface area contributed by atoms with E-state index in [2.05, 4.69) is 0 Å². The zero-order valence-corrected chi connectivity index (χ0v) is 31.1. The maximum Gasteiger partial charge on any atom is 0.357 e. The Morgan fingerprint density at radius 2 is 1.53 bits per heavy atom. The lowest BCUT2D eigenvalue weighted by molar-refractivity contribution is -0.196. The molecule has 0 saturated heterocycles. The molecule has 53 heavy (non-hydrogen) atoms. The van der Waals surface area contributed by atoms with Crippen molar-refractivity contribution in [1.29, 1.82) is 0 Å². The summed E-state index contributed by atoms with van der Waals surface area (Å²) >= 11 is 0. The second-order valence-corrected chi connectivity index (χ2v) is 14.8. The lowest BCUT2D eigenvalue weighted by atomic mass is 9.47. The fourth-order valence-corrected chi connectivity index (χ4v) is 7.87. The molecule has 1 fully saturated rings. The molecule has 1 aromatic rings. The van der Waals surface area contributed by atoms with Gasteiger partial charge in [0.1, 0.15) is 5.76 Å². The second kappa shape index (κ2) is 15.7. The van der Waals surface area contributed by atoms with Crippen LogP contribution in [0.5, 0.6) is 11.5 Å². The molecule has 1 aromatic carbocycles. The van der Waals surface area contributed by atoms with Gasteiger partial charge < -0.3 is 43.0 Å². The van der Waals surface area contributed by atoms with Crippen molar-refractivity contribution in [2.24, 2.45) is 17.8 Å². The van der Waals surface area contributed by atoms with Crippen molar-refractivity contribution in [1.82, 2.24) is 0 Å². The van der Waals surface area contributed by atoms with Crippen molar-refractivity contribution in [3.05, 3.63) is 35.1 Å². The lowest BCUT2D eigenvalue weighted by Crippen LogP contribution is -2.67. The number of rotatable bonds is 15. The van der Waals surface area contributed by atoms with Gasteiger partial charge in [-0.25, -0.2) is 14.4 Å². The zero-order chi connectivity index (χ0) is 38.8. The van der Waals surface area contributed by atoms with E-state index in [-0.39, 0.29) is 43.1 Å². The molecular formula is C38H48O15. The molecule has 1 heterocycles. The Bertz CT molecular complexity index is 1660. The highest BCUT2D eigenvalue weighted by Crippen LogP contribution is 2.67. The van der Waals surface area contributed by atoms with Crippen molar-refractivity contribution >= 4 is 35.8 Å². The maximum absolute atomic E-state index is 14.0. The highest BCUT2D eigenvalue weighted by atomic mass is 16.7. The van der Waals surface area contributed by atoms with Gasteiger partial charge in [0.15, 0.2) is 17.6 Å². The minimum atomic E-state index is -2.28. The number of benzene rings is 1. The van der Waals surface area contributed by atoms with Gasteiger partial charge in [0.25, 0.3) is 0 Å². The number of ether oxygens (including phenoxy) is 8. The standard InChI is InChI=1S/C38H48O15/c1-19(2)17-47-28(41)16-27(34(42)48-18-20(3)4)52-36(44)32(50-22(6)40)31(49-21(5)39)35(43)51-26-12-14-38(45)24-9-8-13-37(38)29-23(15-24)10-11-25(46-7)30(29)53-33(26)37/h10-12,19-20,24,27,31-33,45H,8-9,13-18H2,1-7H3/t24-,27+,31-,32-,33+,37+,38-/m1/s1. The van der Waals surface area contributed by atoms with E-state index in [1.165, 1.54) is 13.2 Å². The van der Waals surface area contributed by atoms with Gasteiger partial charge in [-0.3, -0.25) is 14.4 Å². The van der Waals surface area contributed by atoms with Crippen LogP contribution in [0.15, 0.2) is 24.0 Å². The van der Waals surface area contributed by atoms with E-state index in [1.807, 2.05) is 6.07 Å². The van der Waals surface area contributed by atoms with Crippen LogP contribution in [0.1, 0.15) is 84.8 Å². The zero-order valence-electron chi connectivity index (χ0n) is 31.1. The van der Waals surface area contributed by atoms with E-state index in [0.717, 1.165) is 37.8 Å². The molecule has 15 nitrogen and oxygen atoms in total. The molecular weight excluding hydrogens is 696 g/mol. The highest BCUT2D eigenvalue weighted by Gasteiger charge is 2.71. The third-order valence-corrected chi connectivity index (χ3v) is 10.0. The van der Waals surface area contributed by atoms with Crippen LogP contribution in [0.2, 0.25) is 0 Å². The fraction of sp³-hybridized carbons (Fsp3) is 0.632. The van der Waals surface area contributed by atoms with Crippen LogP contribution in [0.3, 0.4) is 0 Å². The Morgan fingerprint density at radius 1 is 0.887 bits per heavy atom. The number of hydrogen-bond donors (Lipinski definition) is 1. The average Bonchev–Trinajstić information content (AvgIpc) is 3.43. The van der Waals surface area contributed by atoms with Gasteiger partial charge in [-0.1, -0.05) is 40.2 Å². The first-order valence-electron chi connectivity index (χ1n) is 17.9. The third-order valence-electron chi connectivity index (χ3n) is 10.0. The smallest absolute Gasteiger partial charge is 0.357 e. The van der Waals surface area contributed by atoms with Gasteiger partial charge in [-0.05, 0) is 61.1 Å². The number of esters is 6. The normalized spacial score (nSPS) is 25.1. The summed E-state index contributed by atoms with van der Waals surface area (Å²) in [6, 6.07) is 3.74. The first kappa shape index (κ1) is 39.5. The van der Waals surface area contributed by atoms with E-state index in [0.29, 0.717) is 24.3 Å². The summed E-state index contributed by atoms with van der Waals surface area (Å²) in [6.45, 7) is 8.99. The van der Waals surface area contributed by atoms with E-state index in [4.69, 9.17) is 37.9 Å². The first-order valence-corrected chi connectivity index (χ1v) is 17.9. The Kier molecular flexibility index (Phi) is 11.8. The van der Waals surface area contributed by atoms with Crippen molar-refractivity contribution in [3.63, 3.8) is 0 Å². The molecule has 1 spiro atoms. The van der Waals surface area contributed by atoms with E-state index in [1.54, 1.807) is 33.8 Å². The molecule has 1 aliphatic heterocycles. The topological polar surface area (TPSA) is 196 Å². The lowest BCUT2D eigenvalue weighted by Gasteiger charge is -2.59. The van der Waals surface area contributed by atoms with Crippen LogP contribution in [0.4, 0.5) is 0 Å². The SMILES string of the molecule is COc1ccc2c3c1O[C@H]1C(OC(=O)[C@H](OC(C)=O)[C@@H](OC(C)=O)C(=O)O[C@@H](CC(=O)OCC(C)C)C(=O)OCC(C)C)=CC[C@@]4(O)[C@H](CCC[C@]314)C2. The molecule has 0 unspecified atom stereocenters. The Balaban J connectivity index is 1.44. The van der Waals surface area contributed by atoms with Crippen LogP contribution in [0, 0.1) is 17.8 Å². The Morgan fingerprint density at radius 3 is 2.15 bits per heavy atom. The van der Waals surface area contributed by atoms with E-state index < -0.39 is 77.7 Å². The molecule has 5 rings (SSSR count). The van der Waals surface area contributed by atoms with E-state index >= 15 is 0 Å². The van der Waals surface area contributed by atoms with Crippen LogP contribution >= 0.6 is 0 Å². The molecule has 0 aromatic heterocycles. The molecule has 2 bridgehead atoms. The number of carbonyl (C=O) groups is 6. The van der Waals surface area contributed by atoms with Crippen molar-refractivity contribution in [3.8, 4) is 11.5 Å². The monoisotopic (exact) mass is 744 g/mol. The van der Waals surface area contributed by atoms with Gasteiger partial charge in [0, 0.05) is 19.4 Å². The number of hydrogen-bond acceptors (Lipinski definition) is 15. The molecule has 15 heteroatoms. The Hall–Kier alpha value is -4.66. The minimum Gasteiger partial charge on any atom is -0.493 e. The van der Waals surface area contributed by atoms with Gasteiger partial charge in [0.05, 0.1) is 37.8 Å². The summed E-state index contributed by atoms with van der Waals surface area (Å²) in [7, 11) is 1.50. The van der Waals surface area contributed by atoms with E-state index in [9.17, 15) is 33.9 Å². The van der Waals surface area contributed by atoms with Crippen LogP contribution in [0.25, 0.3) is 0 Å². The molecule has 4 aliphatic rings. The molecule has 0 amide bonds. The summed E-state index contributed by atoms with van der Waals surface area (Å²) < 4.78 is 44.1. The largest absolute Gasteiger partial charge is 0.493 e. The molecule has 1 saturated carbocycles. The van der Waals surface area contributed by atoms with Gasteiger partial charge in [0.2, 0.25) is 18.3 Å². The maximum atomic E-state index is 14.0. The second-order valence-electron chi connectivity index (χ2n) is 14.8. The van der Waals surface area contributed by atoms with Crippen LogP contribution in [-0.2, 0) is 69.0 Å². The average molecular weight is 745 g/mol. The quantitative estimate of drug-likeness (QED) is 0.203. The molecule has 3 aliphatic carbocycles. The summed E-state index contributed by atoms with van der Waals surface area (Å²) in [4.78, 5) is 78.0. The third kappa shape index (κ3) is 7.71. The summed E-state index contributed by atoms with van der Waals surface area (Å²) in [5, 5.41) is 12.4. The van der Waals surface area contributed by atoms with Gasteiger partial charge in [-0.2, -0.15) is 0 Å². The highest BCUT2D eigenvalue weighted by molar-refractivity contribution is 5.91. The summed E-state index contributed by atoms with van der Waals surface area (Å²) in [5.74, 6) is -6.31. The first-order chi connectivity index (χ1) is 25.0. The van der Waals surface area contributed by atoms with Crippen LogP contribution in [-0.4, -0.2) is 91.3 Å². The van der Waals surface area contributed by atoms with Crippen molar-refractivity contribution < 1.29 is 71.8 Å². The van der Waals surface area contributed by atoms with Crippen LogP contribution < -0.4 is 9.47 Å². The Labute approximate surface area is 307 Å². The number of carbonyl (C=O) groups excluding carboxylic acids is 6. The van der Waals surface area contributed by atoms with Crippen molar-refractivity contribution in [2.75, 3.05) is 20.3 Å². The number of aliphatic hydroxyl groups is 1. The molecule has 7 atom stereocenters. The minimum absolute atomic E-state index is 0.0124. The predicted molar refractivity (Wildman–Crippen MR) is 181 cm³/mol. The summed E-state index contributed by atoms with van der Waals surface area (Å²) in [6.07, 6.45) is -3.80. The summed E-state index contributed by atoms with van der Waals surface area (Å²) in [5.41, 5.74) is -0.445. The fourth-order valence-electron chi connectivity index (χ4n) is 7.87. The molecule has 0 radical (unpaired) electrons. The van der Waals surface area contributed by atoms with Gasteiger partial charge >= 0.3 is 35.8 Å². The van der Waals surface area contributed by atoms with Gasteiger partial charge in [-0.15, -0.1) is 0 Å². The predicted octanol–water partition coefficient (Wildman–Crippen LogP) is 3.18. The number of methoxy groups -OCH3 is 1.